The van der Waals surface area contributed by atoms with E-state index >= 15 is 0 Å². The van der Waals surface area contributed by atoms with Crippen LogP contribution in [0.15, 0.2) is 12.3 Å². The van der Waals surface area contributed by atoms with Crippen molar-refractivity contribution in [2.75, 3.05) is 0 Å². The number of rotatable bonds is 2. The lowest BCUT2D eigenvalue weighted by atomic mass is 10.1. The standard InChI is InChI=1S/C9H9ClF3NO/c1-5-2-6(4-14-8(5)10)3-7(15)9(11,12)13/h2,4,7,15H,3H2,1H3. The number of aromatic nitrogens is 1. The maximum atomic E-state index is 12.0. The largest absolute Gasteiger partial charge is 0.414 e. The van der Waals surface area contributed by atoms with E-state index in [4.69, 9.17) is 16.7 Å². The third-order valence-electron chi connectivity index (χ3n) is 1.88. The molecule has 0 aromatic carbocycles. The minimum Gasteiger partial charge on any atom is -0.383 e. The van der Waals surface area contributed by atoms with Crippen LogP contribution < -0.4 is 0 Å². The van der Waals surface area contributed by atoms with Crippen molar-refractivity contribution in [3.63, 3.8) is 0 Å². The Morgan fingerprint density at radius 3 is 2.60 bits per heavy atom. The van der Waals surface area contributed by atoms with Crippen molar-refractivity contribution in [1.29, 1.82) is 0 Å². The highest BCUT2D eigenvalue weighted by Crippen LogP contribution is 2.23. The van der Waals surface area contributed by atoms with E-state index in [0.29, 0.717) is 11.1 Å². The number of alkyl halides is 3. The Morgan fingerprint density at radius 2 is 2.13 bits per heavy atom. The van der Waals surface area contributed by atoms with E-state index < -0.39 is 18.7 Å². The van der Waals surface area contributed by atoms with Crippen LogP contribution in [0.25, 0.3) is 0 Å². The Balaban J connectivity index is 2.78. The molecule has 0 spiro atoms. The minimum absolute atomic E-state index is 0.250. The maximum Gasteiger partial charge on any atom is 0.414 e. The molecule has 0 radical (unpaired) electrons. The fourth-order valence-electron chi connectivity index (χ4n) is 1.07. The fraction of sp³-hybridized carbons (Fsp3) is 0.444. The van der Waals surface area contributed by atoms with E-state index in [1.54, 1.807) is 6.92 Å². The molecule has 84 valence electrons. The van der Waals surface area contributed by atoms with E-state index in [-0.39, 0.29) is 5.15 Å². The van der Waals surface area contributed by atoms with Gasteiger partial charge in [-0.1, -0.05) is 17.7 Å². The predicted molar refractivity (Wildman–Crippen MR) is 49.7 cm³/mol. The molecule has 0 fully saturated rings. The van der Waals surface area contributed by atoms with Crippen LogP contribution in [0.3, 0.4) is 0 Å². The van der Waals surface area contributed by atoms with Crippen LogP contribution in [-0.4, -0.2) is 22.4 Å². The molecular weight excluding hydrogens is 231 g/mol. The van der Waals surface area contributed by atoms with Gasteiger partial charge in [0.15, 0.2) is 6.10 Å². The van der Waals surface area contributed by atoms with Crippen molar-refractivity contribution in [3.8, 4) is 0 Å². The Kier molecular flexibility index (Phi) is 3.57. The molecule has 0 aliphatic rings. The average molecular weight is 240 g/mol. The number of halogens is 4. The first-order chi connectivity index (χ1) is 6.80. The highest BCUT2D eigenvalue weighted by molar-refractivity contribution is 6.30. The maximum absolute atomic E-state index is 12.0. The van der Waals surface area contributed by atoms with Crippen molar-refractivity contribution in [2.45, 2.75) is 25.6 Å². The van der Waals surface area contributed by atoms with Crippen LogP contribution >= 0.6 is 11.6 Å². The Morgan fingerprint density at radius 1 is 1.53 bits per heavy atom. The SMILES string of the molecule is Cc1cc(CC(O)C(F)(F)F)cnc1Cl. The second-order valence-corrected chi connectivity index (χ2v) is 3.57. The number of aliphatic hydroxyl groups is 1. The van der Waals surface area contributed by atoms with Crippen LogP contribution in [0.5, 0.6) is 0 Å². The van der Waals surface area contributed by atoms with Gasteiger partial charge in [0.25, 0.3) is 0 Å². The molecule has 2 nitrogen and oxygen atoms in total. The lowest BCUT2D eigenvalue weighted by molar-refractivity contribution is -0.203. The second-order valence-electron chi connectivity index (χ2n) is 3.21. The molecule has 0 amide bonds. The molecule has 15 heavy (non-hydrogen) atoms. The summed E-state index contributed by atoms with van der Waals surface area (Å²) < 4.78 is 36.1. The van der Waals surface area contributed by atoms with Gasteiger partial charge >= 0.3 is 6.18 Å². The smallest absolute Gasteiger partial charge is 0.383 e. The summed E-state index contributed by atoms with van der Waals surface area (Å²) in [7, 11) is 0. The number of hydrogen-bond acceptors (Lipinski definition) is 2. The quantitative estimate of drug-likeness (QED) is 0.805. The van der Waals surface area contributed by atoms with Gasteiger partial charge in [-0.3, -0.25) is 0 Å². The Hall–Kier alpha value is -0.810. The molecule has 1 aromatic rings. The zero-order valence-corrected chi connectivity index (χ0v) is 8.60. The summed E-state index contributed by atoms with van der Waals surface area (Å²) in [5.41, 5.74) is 0.894. The van der Waals surface area contributed by atoms with E-state index in [1.165, 1.54) is 12.3 Å². The van der Waals surface area contributed by atoms with Crippen molar-refractivity contribution in [3.05, 3.63) is 28.5 Å². The zero-order valence-electron chi connectivity index (χ0n) is 7.85. The van der Waals surface area contributed by atoms with E-state index in [1.807, 2.05) is 0 Å². The number of pyridine rings is 1. The molecule has 0 saturated carbocycles. The van der Waals surface area contributed by atoms with Crippen molar-refractivity contribution >= 4 is 11.6 Å². The van der Waals surface area contributed by atoms with Crippen molar-refractivity contribution in [2.24, 2.45) is 0 Å². The predicted octanol–water partition coefficient (Wildman–Crippen LogP) is 2.51. The molecule has 1 rings (SSSR count). The molecule has 0 bridgehead atoms. The van der Waals surface area contributed by atoms with Gasteiger partial charge in [-0.25, -0.2) is 4.98 Å². The van der Waals surface area contributed by atoms with Crippen LogP contribution in [0, 0.1) is 6.92 Å². The van der Waals surface area contributed by atoms with Crippen LogP contribution in [0.4, 0.5) is 13.2 Å². The van der Waals surface area contributed by atoms with Gasteiger partial charge in [0.2, 0.25) is 0 Å². The van der Waals surface area contributed by atoms with Gasteiger partial charge in [0.1, 0.15) is 5.15 Å². The monoisotopic (exact) mass is 239 g/mol. The van der Waals surface area contributed by atoms with Crippen LogP contribution in [0.2, 0.25) is 5.15 Å². The zero-order chi connectivity index (χ0) is 11.6. The molecule has 1 atom stereocenters. The number of hydrogen-bond donors (Lipinski definition) is 1. The van der Waals surface area contributed by atoms with Gasteiger partial charge in [-0.15, -0.1) is 0 Å². The van der Waals surface area contributed by atoms with Gasteiger partial charge in [-0.05, 0) is 18.1 Å². The molecule has 0 aliphatic heterocycles. The minimum atomic E-state index is -4.60. The van der Waals surface area contributed by atoms with Gasteiger partial charge in [-0.2, -0.15) is 13.2 Å². The Labute approximate surface area is 89.7 Å². The summed E-state index contributed by atoms with van der Waals surface area (Å²) in [5, 5.41) is 9.06. The second kappa shape index (κ2) is 4.37. The highest BCUT2D eigenvalue weighted by Gasteiger charge is 2.38. The summed E-state index contributed by atoms with van der Waals surface area (Å²) in [6.07, 6.45) is -6.24. The molecule has 1 heterocycles. The summed E-state index contributed by atoms with van der Waals surface area (Å²) >= 11 is 5.61. The molecule has 1 aromatic heterocycles. The summed E-state index contributed by atoms with van der Waals surface area (Å²) in [5.74, 6) is 0. The van der Waals surface area contributed by atoms with Gasteiger partial charge < -0.3 is 5.11 Å². The van der Waals surface area contributed by atoms with Crippen molar-refractivity contribution < 1.29 is 18.3 Å². The van der Waals surface area contributed by atoms with Crippen LogP contribution in [-0.2, 0) is 6.42 Å². The van der Waals surface area contributed by atoms with E-state index in [2.05, 4.69) is 4.98 Å². The third-order valence-corrected chi connectivity index (χ3v) is 2.27. The first kappa shape index (κ1) is 12.3. The number of aliphatic hydroxyl groups excluding tert-OH is 1. The first-order valence-corrected chi connectivity index (χ1v) is 4.54. The summed E-state index contributed by atoms with van der Waals surface area (Å²) in [4.78, 5) is 3.70. The highest BCUT2D eigenvalue weighted by atomic mass is 35.5. The lowest BCUT2D eigenvalue weighted by Gasteiger charge is -2.14. The molecule has 1 unspecified atom stereocenters. The van der Waals surface area contributed by atoms with Crippen molar-refractivity contribution in [1.82, 2.24) is 4.98 Å². The number of aryl methyl sites for hydroxylation is 1. The molecule has 0 saturated heterocycles. The molecular formula is C9H9ClF3NO. The topological polar surface area (TPSA) is 33.1 Å². The van der Waals surface area contributed by atoms with E-state index in [9.17, 15) is 13.2 Å². The van der Waals surface area contributed by atoms with E-state index in [0.717, 1.165) is 0 Å². The fourth-order valence-corrected chi connectivity index (χ4v) is 1.17. The lowest BCUT2D eigenvalue weighted by Crippen LogP contribution is -2.30. The molecule has 6 heteroatoms. The van der Waals surface area contributed by atoms with Gasteiger partial charge in [0, 0.05) is 12.6 Å². The number of nitrogens with zero attached hydrogens (tertiary/aromatic N) is 1. The normalized spacial score (nSPS) is 14.0. The molecule has 1 N–H and O–H groups in total. The van der Waals surface area contributed by atoms with Gasteiger partial charge in [0.05, 0.1) is 0 Å². The molecule has 0 aliphatic carbocycles. The van der Waals surface area contributed by atoms with Crippen LogP contribution in [0.1, 0.15) is 11.1 Å². The summed E-state index contributed by atoms with van der Waals surface area (Å²) in [6.45, 7) is 1.64. The third kappa shape index (κ3) is 3.35. The average Bonchev–Trinajstić information content (AvgIpc) is 2.10. The first-order valence-electron chi connectivity index (χ1n) is 4.16. The Bertz CT molecular complexity index is 354. The summed E-state index contributed by atoms with van der Waals surface area (Å²) in [6, 6.07) is 1.48.